The Morgan fingerprint density at radius 1 is 1.07 bits per heavy atom. The van der Waals surface area contributed by atoms with Crippen molar-refractivity contribution >= 4 is 29.2 Å². The molecule has 1 aromatic carbocycles. The number of anilines is 2. The largest absolute Gasteiger partial charge is 0.455 e. The van der Waals surface area contributed by atoms with E-state index in [-0.39, 0.29) is 30.3 Å². The Labute approximate surface area is 171 Å². The SMILES string of the molecule is CC1(C)C(=O)Nc2ccccc2N1C(=O)COC(=O)C1C2CC3CC(C2)CC1C3. The quantitative estimate of drug-likeness (QED) is 0.795. The van der Waals surface area contributed by atoms with Crippen molar-refractivity contribution in [2.24, 2.45) is 29.6 Å². The number of carbonyl (C=O) groups excluding carboxylic acids is 3. The third-order valence-electron chi connectivity index (χ3n) is 7.59. The van der Waals surface area contributed by atoms with Crippen LogP contribution < -0.4 is 10.2 Å². The van der Waals surface area contributed by atoms with Gasteiger partial charge in [-0.1, -0.05) is 12.1 Å². The zero-order valence-corrected chi connectivity index (χ0v) is 17.0. The van der Waals surface area contributed by atoms with E-state index in [1.807, 2.05) is 12.1 Å². The van der Waals surface area contributed by atoms with Crippen LogP contribution in [0.15, 0.2) is 24.3 Å². The van der Waals surface area contributed by atoms with Crippen molar-refractivity contribution in [3.05, 3.63) is 24.3 Å². The first-order chi connectivity index (χ1) is 13.8. The van der Waals surface area contributed by atoms with Gasteiger partial charge in [-0.15, -0.1) is 0 Å². The monoisotopic (exact) mass is 396 g/mol. The zero-order chi connectivity index (χ0) is 20.3. The molecule has 0 spiro atoms. The number of para-hydroxylation sites is 2. The number of hydrogen-bond donors (Lipinski definition) is 1. The van der Waals surface area contributed by atoms with Crippen LogP contribution in [0.3, 0.4) is 0 Å². The summed E-state index contributed by atoms with van der Waals surface area (Å²) in [5.41, 5.74) is 0.172. The van der Waals surface area contributed by atoms with Crippen molar-refractivity contribution in [2.75, 3.05) is 16.8 Å². The number of nitrogens with one attached hydrogen (secondary N) is 1. The van der Waals surface area contributed by atoms with Gasteiger partial charge in [-0.2, -0.15) is 0 Å². The highest BCUT2D eigenvalue weighted by Crippen LogP contribution is 2.56. The second-order valence-corrected chi connectivity index (χ2v) is 9.82. The van der Waals surface area contributed by atoms with Crippen LogP contribution in [-0.2, 0) is 19.1 Å². The molecule has 0 radical (unpaired) electrons. The number of carbonyl (C=O) groups is 3. The number of hydrogen-bond acceptors (Lipinski definition) is 4. The van der Waals surface area contributed by atoms with E-state index in [4.69, 9.17) is 4.74 Å². The van der Waals surface area contributed by atoms with Crippen LogP contribution in [0.4, 0.5) is 11.4 Å². The molecule has 0 unspecified atom stereocenters. The minimum Gasteiger partial charge on any atom is -0.455 e. The Hall–Kier alpha value is -2.37. The molecule has 4 bridgehead atoms. The topological polar surface area (TPSA) is 75.7 Å². The highest BCUT2D eigenvalue weighted by Gasteiger charge is 2.51. The van der Waals surface area contributed by atoms with E-state index in [0.29, 0.717) is 23.2 Å². The van der Waals surface area contributed by atoms with E-state index in [9.17, 15) is 14.4 Å². The standard InChI is InChI=1S/C23H28N2O4/c1-23(2)22(28)24-17-5-3-4-6-18(17)25(23)19(26)12-29-21(27)20-15-8-13-7-14(10-15)11-16(20)9-13/h3-6,13-16,20H,7-12H2,1-2H3,(H,24,28). The summed E-state index contributed by atoms with van der Waals surface area (Å²) in [5.74, 6) is 1.52. The summed E-state index contributed by atoms with van der Waals surface area (Å²) in [4.78, 5) is 40.0. The van der Waals surface area contributed by atoms with Gasteiger partial charge in [0.15, 0.2) is 6.61 Å². The number of nitrogens with zero attached hydrogens (tertiary/aromatic N) is 1. The molecule has 2 amide bonds. The van der Waals surface area contributed by atoms with E-state index in [2.05, 4.69) is 5.32 Å². The Balaban J connectivity index is 1.30. The van der Waals surface area contributed by atoms with Gasteiger partial charge in [-0.05, 0) is 81.8 Å². The van der Waals surface area contributed by atoms with E-state index in [1.54, 1.807) is 26.0 Å². The number of esters is 1. The van der Waals surface area contributed by atoms with E-state index in [1.165, 1.54) is 11.3 Å². The fraction of sp³-hybridized carbons (Fsp3) is 0.609. The van der Waals surface area contributed by atoms with Crippen molar-refractivity contribution in [3.8, 4) is 0 Å². The van der Waals surface area contributed by atoms with Crippen molar-refractivity contribution < 1.29 is 19.1 Å². The normalized spacial score (nSPS) is 33.8. The first kappa shape index (κ1) is 18.6. The van der Waals surface area contributed by atoms with Gasteiger partial charge < -0.3 is 10.1 Å². The Bertz CT molecular complexity index is 849. The van der Waals surface area contributed by atoms with Crippen molar-refractivity contribution in [1.29, 1.82) is 0 Å². The maximum absolute atomic E-state index is 13.1. The third kappa shape index (κ3) is 2.95. The van der Waals surface area contributed by atoms with Crippen LogP contribution in [0.25, 0.3) is 0 Å². The minimum atomic E-state index is -1.06. The summed E-state index contributed by atoms with van der Waals surface area (Å²) in [6.45, 7) is 3.08. The van der Waals surface area contributed by atoms with Crippen LogP contribution in [0, 0.1) is 29.6 Å². The lowest BCUT2D eigenvalue weighted by Gasteiger charge is -2.53. The summed E-state index contributed by atoms with van der Waals surface area (Å²) >= 11 is 0. The zero-order valence-electron chi connectivity index (χ0n) is 17.0. The van der Waals surface area contributed by atoms with Crippen LogP contribution >= 0.6 is 0 Å². The predicted molar refractivity (Wildman–Crippen MR) is 108 cm³/mol. The number of benzene rings is 1. The molecule has 0 aromatic heterocycles. The summed E-state index contributed by atoms with van der Waals surface area (Å²) in [6, 6.07) is 7.21. The second-order valence-electron chi connectivity index (χ2n) is 9.82. The fourth-order valence-corrected chi connectivity index (χ4v) is 6.50. The molecule has 5 aliphatic rings. The molecule has 1 N–H and O–H groups in total. The van der Waals surface area contributed by atoms with Gasteiger partial charge in [-0.25, -0.2) is 0 Å². The van der Waals surface area contributed by atoms with Crippen LogP contribution in [0.2, 0.25) is 0 Å². The molecule has 6 rings (SSSR count). The molecule has 4 fully saturated rings. The molecule has 4 saturated carbocycles. The average molecular weight is 396 g/mol. The summed E-state index contributed by atoms with van der Waals surface area (Å²) < 4.78 is 5.56. The lowest BCUT2D eigenvalue weighted by molar-refractivity contribution is -0.164. The molecule has 1 aliphatic heterocycles. The lowest BCUT2D eigenvalue weighted by atomic mass is 9.52. The van der Waals surface area contributed by atoms with Crippen molar-refractivity contribution in [3.63, 3.8) is 0 Å². The van der Waals surface area contributed by atoms with Gasteiger partial charge in [0.05, 0.1) is 17.3 Å². The fourth-order valence-electron chi connectivity index (χ4n) is 6.50. The van der Waals surface area contributed by atoms with E-state index >= 15 is 0 Å². The Morgan fingerprint density at radius 3 is 2.34 bits per heavy atom. The van der Waals surface area contributed by atoms with Crippen LogP contribution in [0.5, 0.6) is 0 Å². The highest BCUT2D eigenvalue weighted by molar-refractivity contribution is 6.14. The van der Waals surface area contributed by atoms with Gasteiger partial charge in [0, 0.05) is 0 Å². The van der Waals surface area contributed by atoms with Gasteiger partial charge in [-0.3, -0.25) is 19.3 Å². The second kappa shape index (κ2) is 6.57. The molecule has 0 atom stereocenters. The first-order valence-electron chi connectivity index (χ1n) is 10.7. The van der Waals surface area contributed by atoms with Crippen molar-refractivity contribution in [2.45, 2.75) is 51.5 Å². The molecule has 4 aliphatic carbocycles. The minimum absolute atomic E-state index is 0.0550. The summed E-state index contributed by atoms with van der Waals surface area (Å²) in [6.07, 6.45) is 5.86. The van der Waals surface area contributed by atoms with Gasteiger partial charge >= 0.3 is 5.97 Å². The lowest BCUT2D eigenvalue weighted by Crippen LogP contribution is -2.59. The Kier molecular flexibility index (Phi) is 4.23. The molecule has 154 valence electrons. The molecular weight excluding hydrogens is 368 g/mol. The molecule has 1 heterocycles. The number of ether oxygens (including phenoxy) is 1. The molecule has 6 heteroatoms. The summed E-state index contributed by atoms with van der Waals surface area (Å²) in [7, 11) is 0. The molecule has 6 nitrogen and oxygen atoms in total. The highest BCUT2D eigenvalue weighted by atomic mass is 16.5. The maximum Gasteiger partial charge on any atom is 0.310 e. The predicted octanol–water partition coefficient (Wildman–Crippen LogP) is 3.37. The number of rotatable bonds is 3. The van der Waals surface area contributed by atoms with Gasteiger partial charge in [0.1, 0.15) is 5.54 Å². The maximum atomic E-state index is 13.1. The van der Waals surface area contributed by atoms with E-state index in [0.717, 1.165) is 37.5 Å². The van der Waals surface area contributed by atoms with Gasteiger partial charge in [0.2, 0.25) is 5.91 Å². The molecular formula is C23H28N2O4. The van der Waals surface area contributed by atoms with Gasteiger partial charge in [0.25, 0.3) is 5.91 Å². The van der Waals surface area contributed by atoms with Crippen LogP contribution in [-0.4, -0.2) is 29.9 Å². The molecule has 29 heavy (non-hydrogen) atoms. The first-order valence-corrected chi connectivity index (χ1v) is 10.7. The Morgan fingerprint density at radius 2 is 1.69 bits per heavy atom. The molecule has 0 saturated heterocycles. The smallest absolute Gasteiger partial charge is 0.310 e. The average Bonchev–Trinajstić information content (AvgIpc) is 2.66. The number of amides is 2. The number of fused-ring (bicyclic) bond motifs is 1. The van der Waals surface area contributed by atoms with E-state index < -0.39 is 5.54 Å². The van der Waals surface area contributed by atoms with Crippen molar-refractivity contribution in [1.82, 2.24) is 0 Å². The molecule has 1 aromatic rings. The summed E-state index contributed by atoms with van der Waals surface area (Å²) in [5, 5.41) is 2.85. The van der Waals surface area contributed by atoms with Crippen LogP contribution in [0.1, 0.15) is 46.0 Å². The third-order valence-corrected chi connectivity index (χ3v) is 7.59.